The maximum atomic E-state index is 12.7. The summed E-state index contributed by atoms with van der Waals surface area (Å²) in [6.07, 6.45) is 0. The van der Waals surface area contributed by atoms with Gasteiger partial charge in [0.05, 0.1) is 29.9 Å². The van der Waals surface area contributed by atoms with Gasteiger partial charge in [-0.2, -0.15) is 0 Å². The Morgan fingerprint density at radius 3 is 1.95 bits per heavy atom. The third-order valence-corrected chi connectivity index (χ3v) is 3.60. The standard InChI is InChI=1S/C12H12Cl2O5.2Li/c1-11(16)7(13)10(19-3)12(17,5-4-6-15)8(14)9(11)18-2;;/h15H,6H2,1-3H3;;/q-2;2*+1. The van der Waals surface area contributed by atoms with E-state index in [9.17, 15) is 10.2 Å². The summed E-state index contributed by atoms with van der Waals surface area (Å²) in [5.41, 5.74) is -4.40. The first kappa shape index (κ1) is 23.6. The molecule has 2 unspecified atom stereocenters. The second-order valence-electron chi connectivity index (χ2n) is 3.87. The van der Waals surface area contributed by atoms with Gasteiger partial charge in [0.25, 0.3) is 0 Å². The Balaban J connectivity index is 0. The van der Waals surface area contributed by atoms with E-state index < -0.39 is 28.6 Å². The molecular weight excluding hydrogens is 309 g/mol. The molecule has 1 rings (SSSR count). The molecule has 0 aliphatic heterocycles. The minimum atomic E-state index is -2.37. The van der Waals surface area contributed by atoms with E-state index in [1.807, 2.05) is 0 Å². The Hall–Kier alpha value is 0.295. The second kappa shape index (κ2) is 8.80. The molecule has 106 valence electrons. The first-order chi connectivity index (χ1) is 8.77. The van der Waals surface area contributed by atoms with Gasteiger partial charge >= 0.3 is 37.7 Å². The van der Waals surface area contributed by atoms with Crippen molar-refractivity contribution in [2.75, 3.05) is 20.8 Å². The molecule has 0 radical (unpaired) electrons. The number of aliphatic hydroxyl groups excluding tert-OH is 1. The van der Waals surface area contributed by atoms with Crippen LogP contribution in [0.25, 0.3) is 0 Å². The number of rotatable bonds is 2. The maximum Gasteiger partial charge on any atom is 1.00 e. The van der Waals surface area contributed by atoms with Gasteiger partial charge in [-0.25, -0.2) is 0 Å². The fourth-order valence-electron chi connectivity index (χ4n) is 1.73. The van der Waals surface area contributed by atoms with Crippen molar-refractivity contribution in [3.63, 3.8) is 0 Å². The fourth-order valence-corrected chi connectivity index (χ4v) is 2.42. The van der Waals surface area contributed by atoms with Crippen LogP contribution in [0.15, 0.2) is 21.6 Å². The van der Waals surface area contributed by atoms with Gasteiger partial charge in [0.1, 0.15) is 18.1 Å². The molecule has 0 heterocycles. The summed E-state index contributed by atoms with van der Waals surface area (Å²) in [5, 5.41) is 32.9. The average molecular weight is 321 g/mol. The summed E-state index contributed by atoms with van der Waals surface area (Å²) in [6.45, 7) is 0.661. The van der Waals surface area contributed by atoms with E-state index >= 15 is 0 Å². The number of methoxy groups -OCH3 is 2. The van der Waals surface area contributed by atoms with Crippen molar-refractivity contribution in [3.05, 3.63) is 21.6 Å². The quantitative estimate of drug-likeness (QED) is 0.404. The maximum absolute atomic E-state index is 12.7. The van der Waals surface area contributed by atoms with Crippen LogP contribution in [0, 0.1) is 11.8 Å². The Kier molecular flexibility index (Phi) is 9.88. The van der Waals surface area contributed by atoms with Crippen LogP contribution < -0.4 is 47.9 Å². The molecule has 0 bridgehead atoms. The first-order valence-electron chi connectivity index (χ1n) is 5.18. The van der Waals surface area contributed by atoms with Crippen LogP contribution in [0.3, 0.4) is 0 Å². The molecule has 0 saturated heterocycles. The van der Waals surface area contributed by atoms with E-state index in [4.69, 9.17) is 37.8 Å². The fraction of sp³-hybridized carbons (Fsp3) is 0.500. The van der Waals surface area contributed by atoms with E-state index in [0.717, 1.165) is 0 Å². The van der Waals surface area contributed by atoms with Crippen LogP contribution in [0.2, 0.25) is 0 Å². The second-order valence-corrected chi connectivity index (χ2v) is 4.62. The first-order valence-corrected chi connectivity index (χ1v) is 5.94. The summed E-state index contributed by atoms with van der Waals surface area (Å²) in [6, 6.07) is 0. The number of halogens is 2. The molecule has 1 aliphatic carbocycles. The van der Waals surface area contributed by atoms with Gasteiger partial charge in [0.2, 0.25) is 0 Å². The summed E-state index contributed by atoms with van der Waals surface area (Å²) in [5.74, 6) is 3.68. The molecule has 0 aromatic heterocycles. The van der Waals surface area contributed by atoms with Crippen molar-refractivity contribution in [2.45, 2.75) is 18.1 Å². The van der Waals surface area contributed by atoms with Crippen molar-refractivity contribution >= 4 is 23.2 Å². The third kappa shape index (κ3) is 3.98. The van der Waals surface area contributed by atoms with Crippen LogP contribution in [0.5, 0.6) is 0 Å². The minimum Gasteiger partial charge on any atom is -0.840 e. The van der Waals surface area contributed by atoms with Gasteiger partial charge < -0.3 is 24.8 Å². The summed E-state index contributed by atoms with van der Waals surface area (Å²) in [7, 11) is 2.39. The van der Waals surface area contributed by atoms with Gasteiger partial charge in [-0.15, -0.1) is 0 Å². The van der Waals surface area contributed by atoms with Gasteiger partial charge in [-0.3, -0.25) is 0 Å². The monoisotopic (exact) mass is 320 g/mol. The van der Waals surface area contributed by atoms with Crippen molar-refractivity contribution < 1.29 is 62.5 Å². The molecule has 0 saturated carbocycles. The topological polar surface area (TPSA) is 84.8 Å². The molecule has 9 heteroatoms. The van der Waals surface area contributed by atoms with Gasteiger partial charge in [-0.05, 0) is 5.60 Å². The number of aliphatic hydroxyl groups is 1. The third-order valence-electron chi connectivity index (χ3n) is 2.63. The molecule has 0 aromatic rings. The van der Waals surface area contributed by atoms with Crippen molar-refractivity contribution in [3.8, 4) is 11.8 Å². The normalized spacial score (nSPS) is 28.0. The van der Waals surface area contributed by atoms with Gasteiger partial charge in [-0.1, -0.05) is 42.0 Å². The van der Waals surface area contributed by atoms with E-state index in [-0.39, 0.29) is 48.5 Å². The summed E-state index contributed by atoms with van der Waals surface area (Å²) in [4.78, 5) is 0. The molecule has 5 nitrogen and oxygen atoms in total. The molecule has 0 aromatic carbocycles. The van der Waals surface area contributed by atoms with Crippen molar-refractivity contribution in [1.82, 2.24) is 0 Å². The summed E-state index contributed by atoms with van der Waals surface area (Å²) >= 11 is 11.8. The molecule has 0 amide bonds. The van der Waals surface area contributed by atoms with Crippen molar-refractivity contribution in [2.24, 2.45) is 0 Å². The predicted octanol–water partition coefficient (Wildman–Crippen LogP) is -6.58. The van der Waals surface area contributed by atoms with E-state index in [0.29, 0.717) is 0 Å². The number of hydrogen-bond acceptors (Lipinski definition) is 5. The van der Waals surface area contributed by atoms with Gasteiger partial charge in [0.15, 0.2) is 0 Å². The zero-order chi connectivity index (χ0) is 14.8. The van der Waals surface area contributed by atoms with Gasteiger partial charge in [0, 0.05) is 0 Å². The van der Waals surface area contributed by atoms with Crippen LogP contribution >= 0.6 is 23.2 Å². The molecule has 1 N–H and O–H groups in total. The zero-order valence-electron chi connectivity index (χ0n) is 12.5. The van der Waals surface area contributed by atoms with E-state index in [2.05, 4.69) is 11.8 Å². The molecule has 21 heavy (non-hydrogen) atoms. The Bertz CT molecular complexity index is 508. The zero-order valence-corrected chi connectivity index (χ0v) is 14.1. The Labute approximate surface area is 157 Å². The molecule has 0 spiro atoms. The van der Waals surface area contributed by atoms with Crippen LogP contribution in [0.1, 0.15) is 6.92 Å². The van der Waals surface area contributed by atoms with Crippen LogP contribution in [-0.2, 0) is 9.47 Å². The largest absolute Gasteiger partial charge is 1.00 e. The SMILES string of the molecule is COC1=C(Cl)C([O-])(C#CCO)C(OC)=C(Cl)C1(C)[O-].[Li+].[Li+]. The molecular formula is C12H12Cl2Li2O5. The van der Waals surface area contributed by atoms with Crippen LogP contribution in [0.4, 0.5) is 0 Å². The van der Waals surface area contributed by atoms with E-state index in [1.165, 1.54) is 21.1 Å². The smallest absolute Gasteiger partial charge is 0.840 e. The number of hydrogen-bond donors (Lipinski definition) is 1. The summed E-state index contributed by atoms with van der Waals surface area (Å²) < 4.78 is 9.78. The van der Waals surface area contributed by atoms with Crippen molar-refractivity contribution in [1.29, 1.82) is 0 Å². The molecule has 2 atom stereocenters. The predicted molar refractivity (Wildman–Crippen MR) is 65.8 cm³/mol. The molecule has 1 aliphatic rings. The van der Waals surface area contributed by atoms with Crippen LogP contribution in [-0.4, -0.2) is 37.1 Å². The minimum absolute atomic E-state index is 0. The molecule has 0 fully saturated rings. The average Bonchev–Trinajstić information content (AvgIpc) is 2.36. The Morgan fingerprint density at radius 2 is 1.57 bits per heavy atom. The Morgan fingerprint density at radius 1 is 1.10 bits per heavy atom. The van der Waals surface area contributed by atoms with E-state index in [1.54, 1.807) is 0 Å². The number of ether oxygens (including phenoxy) is 2.